The van der Waals surface area contributed by atoms with Gasteiger partial charge in [-0.3, -0.25) is 10.1 Å². The van der Waals surface area contributed by atoms with Crippen LogP contribution in [-0.2, 0) is 6.42 Å². The van der Waals surface area contributed by atoms with Gasteiger partial charge in [0, 0.05) is 16.9 Å². The molecule has 6 heteroatoms. The lowest BCUT2D eigenvalue weighted by Crippen LogP contribution is -2.03. The van der Waals surface area contributed by atoms with Crippen molar-refractivity contribution in [2.75, 3.05) is 0 Å². The van der Waals surface area contributed by atoms with Crippen molar-refractivity contribution in [3.05, 3.63) is 112 Å². The second-order valence-electron chi connectivity index (χ2n) is 8.60. The molecule has 1 heterocycles. The summed E-state index contributed by atoms with van der Waals surface area (Å²) >= 11 is 6.32. The van der Waals surface area contributed by atoms with Crippen molar-refractivity contribution in [1.29, 1.82) is 0 Å². The maximum absolute atomic E-state index is 12.7. The van der Waals surface area contributed by atoms with Gasteiger partial charge in [0.05, 0.1) is 22.4 Å². The molecule has 0 saturated heterocycles. The standard InChI is InChI=1S/C21H18ClF2N.C8H8N2.2C2H6/c1-13-10-17(12-19(22)20(13)25-2)18-5-3-4-16(18)11-14-6-8-15(9-7-14)21(23)24;1-6-2-3-7-5-9-10-8(7)4-6;2*1-2/h3-10,12,16,21H,2,11H2,1H3;2-5H,1H3,(H,9,10);2*1-2H3. The SMILES string of the molecule is C=Nc1c(C)cc(C2=CC=CC2Cc2ccc(C(F)F)cc2)cc1Cl.CC.CC.Cc1ccc2cn[nH]c2c1. The first-order chi connectivity index (χ1) is 18.9. The van der Waals surface area contributed by atoms with Gasteiger partial charge < -0.3 is 0 Å². The highest BCUT2D eigenvalue weighted by Crippen LogP contribution is 2.37. The number of H-pyrrole nitrogens is 1. The quantitative estimate of drug-likeness (QED) is 0.247. The number of aliphatic imine (C=N–C) groups is 1. The predicted octanol–water partition coefficient (Wildman–Crippen LogP) is 10.7. The number of hydrogen-bond acceptors (Lipinski definition) is 2. The summed E-state index contributed by atoms with van der Waals surface area (Å²) in [5, 5.41) is 8.58. The van der Waals surface area contributed by atoms with Gasteiger partial charge in [-0.15, -0.1) is 0 Å². The minimum Gasteiger partial charge on any atom is -0.278 e. The zero-order chi connectivity index (χ0) is 28.9. The van der Waals surface area contributed by atoms with Crippen molar-refractivity contribution >= 4 is 40.5 Å². The van der Waals surface area contributed by atoms with Crippen LogP contribution in [0.15, 0.2) is 84.0 Å². The van der Waals surface area contributed by atoms with Crippen LogP contribution >= 0.6 is 11.6 Å². The minimum absolute atomic E-state index is 0.0522. The molecule has 39 heavy (non-hydrogen) atoms. The fraction of sp³-hybridized carbons (Fsp3) is 0.273. The molecular formula is C33H38ClF2N3. The summed E-state index contributed by atoms with van der Waals surface area (Å²) < 4.78 is 25.4. The summed E-state index contributed by atoms with van der Waals surface area (Å²) in [6.45, 7) is 15.6. The van der Waals surface area contributed by atoms with E-state index in [9.17, 15) is 8.78 Å². The van der Waals surface area contributed by atoms with Crippen LogP contribution in [0.1, 0.15) is 61.9 Å². The third-order valence-electron chi connectivity index (χ3n) is 6.05. The monoisotopic (exact) mass is 549 g/mol. The molecule has 1 aliphatic carbocycles. The minimum atomic E-state index is -2.43. The van der Waals surface area contributed by atoms with Gasteiger partial charge in [-0.2, -0.15) is 5.10 Å². The lowest BCUT2D eigenvalue weighted by molar-refractivity contribution is 0.151. The van der Waals surface area contributed by atoms with Crippen LogP contribution in [0.4, 0.5) is 14.5 Å². The van der Waals surface area contributed by atoms with Crippen LogP contribution in [0.25, 0.3) is 16.5 Å². The molecule has 1 atom stereocenters. The van der Waals surface area contributed by atoms with Crippen molar-refractivity contribution in [2.45, 2.75) is 54.4 Å². The van der Waals surface area contributed by atoms with E-state index >= 15 is 0 Å². The summed E-state index contributed by atoms with van der Waals surface area (Å²) in [4.78, 5) is 3.97. The zero-order valence-electron chi connectivity index (χ0n) is 23.6. The number of fused-ring (bicyclic) bond motifs is 1. The Morgan fingerprint density at radius 2 is 1.69 bits per heavy atom. The molecule has 0 amide bonds. The molecule has 3 aromatic carbocycles. The number of alkyl halides is 2. The number of aromatic nitrogens is 2. The maximum atomic E-state index is 12.7. The molecule has 0 saturated carbocycles. The molecule has 1 aromatic heterocycles. The normalized spacial score (nSPS) is 13.5. The average Bonchev–Trinajstić information content (AvgIpc) is 3.61. The van der Waals surface area contributed by atoms with Crippen LogP contribution in [0, 0.1) is 19.8 Å². The van der Waals surface area contributed by atoms with E-state index in [1.165, 1.54) is 28.7 Å². The molecular weight excluding hydrogens is 512 g/mol. The number of allylic oxidation sites excluding steroid dienone is 4. The molecule has 0 aliphatic heterocycles. The van der Waals surface area contributed by atoms with Crippen molar-refractivity contribution in [1.82, 2.24) is 10.2 Å². The number of hydrogen-bond donors (Lipinski definition) is 1. The Hall–Kier alpha value is -3.57. The van der Waals surface area contributed by atoms with Gasteiger partial charge in [0.25, 0.3) is 6.43 Å². The van der Waals surface area contributed by atoms with E-state index in [0.717, 1.165) is 28.6 Å². The Labute approximate surface area is 236 Å². The van der Waals surface area contributed by atoms with Gasteiger partial charge in [-0.05, 0) is 73.0 Å². The molecule has 1 aliphatic rings. The average molecular weight is 550 g/mol. The van der Waals surface area contributed by atoms with Crippen LogP contribution in [0.3, 0.4) is 0 Å². The Morgan fingerprint density at radius 3 is 2.31 bits per heavy atom. The maximum Gasteiger partial charge on any atom is 0.263 e. The summed E-state index contributed by atoms with van der Waals surface area (Å²) in [7, 11) is 0. The second-order valence-corrected chi connectivity index (χ2v) is 9.01. The molecule has 0 radical (unpaired) electrons. The van der Waals surface area contributed by atoms with E-state index < -0.39 is 6.43 Å². The first-order valence-electron chi connectivity index (χ1n) is 13.3. The van der Waals surface area contributed by atoms with Gasteiger partial charge in [-0.25, -0.2) is 8.78 Å². The highest BCUT2D eigenvalue weighted by molar-refractivity contribution is 6.33. The molecule has 4 aromatic rings. The molecule has 3 nitrogen and oxygen atoms in total. The third-order valence-corrected chi connectivity index (χ3v) is 6.34. The fourth-order valence-electron chi connectivity index (χ4n) is 4.22. The smallest absolute Gasteiger partial charge is 0.263 e. The van der Waals surface area contributed by atoms with Crippen molar-refractivity contribution in [3.8, 4) is 0 Å². The summed E-state index contributed by atoms with van der Waals surface area (Å²) in [6.07, 6.45) is 6.37. The van der Waals surface area contributed by atoms with E-state index in [-0.39, 0.29) is 11.5 Å². The molecule has 1 N–H and O–H groups in total. The van der Waals surface area contributed by atoms with Crippen molar-refractivity contribution < 1.29 is 8.78 Å². The van der Waals surface area contributed by atoms with Crippen LogP contribution in [0.5, 0.6) is 0 Å². The van der Waals surface area contributed by atoms with Crippen molar-refractivity contribution in [3.63, 3.8) is 0 Å². The molecule has 206 valence electrons. The number of nitrogens with zero attached hydrogens (tertiary/aromatic N) is 2. The fourth-order valence-corrected chi connectivity index (χ4v) is 4.54. The Balaban J connectivity index is 0.000000315. The first kappa shape index (κ1) is 31.6. The van der Waals surface area contributed by atoms with E-state index in [4.69, 9.17) is 11.6 Å². The lowest BCUT2D eigenvalue weighted by Gasteiger charge is -2.16. The largest absolute Gasteiger partial charge is 0.278 e. The number of halogens is 3. The number of aromatic amines is 1. The van der Waals surface area contributed by atoms with Gasteiger partial charge in [0.15, 0.2) is 0 Å². The second kappa shape index (κ2) is 15.7. The molecule has 0 spiro atoms. The van der Waals surface area contributed by atoms with Crippen molar-refractivity contribution in [2.24, 2.45) is 10.9 Å². The summed E-state index contributed by atoms with van der Waals surface area (Å²) in [6, 6.07) is 16.7. The Morgan fingerprint density at radius 1 is 1.00 bits per heavy atom. The van der Waals surface area contributed by atoms with E-state index in [0.29, 0.717) is 10.7 Å². The zero-order valence-corrected chi connectivity index (χ0v) is 24.4. The highest BCUT2D eigenvalue weighted by Gasteiger charge is 2.19. The van der Waals surface area contributed by atoms with E-state index in [1.54, 1.807) is 12.1 Å². The molecule has 5 rings (SSSR count). The lowest BCUT2D eigenvalue weighted by atomic mass is 9.89. The van der Waals surface area contributed by atoms with Crippen LogP contribution in [0.2, 0.25) is 5.02 Å². The van der Waals surface area contributed by atoms with Crippen LogP contribution < -0.4 is 0 Å². The topological polar surface area (TPSA) is 41.0 Å². The first-order valence-corrected chi connectivity index (χ1v) is 13.7. The van der Waals surface area contributed by atoms with E-state index in [2.05, 4.69) is 65.2 Å². The number of aryl methyl sites for hydroxylation is 2. The van der Waals surface area contributed by atoms with Gasteiger partial charge >= 0.3 is 0 Å². The summed E-state index contributed by atoms with van der Waals surface area (Å²) in [5.41, 5.74) is 7.35. The number of rotatable bonds is 5. The molecule has 0 fully saturated rings. The molecule has 0 bridgehead atoms. The Bertz CT molecular complexity index is 1380. The van der Waals surface area contributed by atoms with Crippen LogP contribution in [-0.4, -0.2) is 16.9 Å². The van der Waals surface area contributed by atoms with Gasteiger partial charge in [0.2, 0.25) is 0 Å². The van der Waals surface area contributed by atoms with Gasteiger partial charge in [0.1, 0.15) is 0 Å². The van der Waals surface area contributed by atoms with E-state index in [1.807, 2.05) is 53.0 Å². The predicted molar refractivity (Wildman–Crippen MR) is 165 cm³/mol. The highest BCUT2D eigenvalue weighted by atomic mass is 35.5. The molecule has 1 unspecified atom stereocenters. The summed E-state index contributed by atoms with van der Waals surface area (Å²) in [5.74, 6) is 0.190. The number of benzene rings is 3. The third kappa shape index (κ3) is 8.46. The Kier molecular flexibility index (Phi) is 12.8. The van der Waals surface area contributed by atoms with Gasteiger partial charge in [-0.1, -0.05) is 93.9 Å². The number of nitrogens with one attached hydrogen (secondary N) is 1.